The minimum Gasteiger partial charge on any atom is -0.254 e. The monoisotopic (exact) mass is 1250 g/mol. The van der Waals surface area contributed by atoms with Crippen LogP contribution in [0.4, 0.5) is 0 Å². The van der Waals surface area contributed by atoms with Gasteiger partial charge in [-0.15, -0.1) is 0 Å². The molecular formula is C90H54N8. The maximum atomic E-state index is 5.36. The second-order valence-electron chi connectivity index (χ2n) is 24.9. The van der Waals surface area contributed by atoms with E-state index in [-0.39, 0.29) is 0 Å². The molecule has 0 aliphatic rings. The van der Waals surface area contributed by atoms with Gasteiger partial charge in [-0.05, 0) is 123 Å². The first kappa shape index (κ1) is 56.3. The van der Waals surface area contributed by atoms with Crippen molar-refractivity contribution in [3.8, 4) is 78.7 Å². The molecule has 0 radical (unpaired) electrons. The third kappa shape index (κ3) is 9.69. The summed E-state index contributed by atoms with van der Waals surface area (Å²) in [6.07, 6.45) is 3.80. The summed E-state index contributed by atoms with van der Waals surface area (Å²) in [4.78, 5) is 41.1. The van der Waals surface area contributed by atoms with Crippen molar-refractivity contribution in [2.45, 2.75) is 0 Å². The van der Waals surface area contributed by atoms with E-state index in [2.05, 4.69) is 279 Å². The van der Waals surface area contributed by atoms with Crippen LogP contribution in [0.5, 0.6) is 0 Å². The lowest BCUT2D eigenvalue weighted by molar-refractivity contribution is 1.36. The summed E-state index contributed by atoms with van der Waals surface area (Å²) in [5.74, 6) is 0. The van der Waals surface area contributed by atoms with Crippen LogP contribution in [-0.2, 0) is 0 Å². The van der Waals surface area contributed by atoms with Gasteiger partial charge in [-0.1, -0.05) is 231 Å². The van der Waals surface area contributed by atoms with E-state index in [1.54, 1.807) is 0 Å². The van der Waals surface area contributed by atoms with Crippen molar-refractivity contribution in [3.05, 3.63) is 328 Å². The fourth-order valence-electron chi connectivity index (χ4n) is 14.4. The molecule has 0 amide bonds. The van der Waals surface area contributed by atoms with Crippen LogP contribution in [0.3, 0.4) is 0 Å². The molecule has 0 spiro atoms. The van der Waals surface area contributed by atoms with Gasteiger partial charge in [0.25, 0.3) is 0 Å². The van der Waals surface area contributed by atoms with Crippen LogP contribution in [0.2, 0.25) is 0 Å². The van der Waals surface area contributed by atoms with Gasteiger partial charge in [-0.3, -0.25) is 9.97 Å². The van der Waals surface area contributed by atoms with E-state index < -0.39 is 0 Å². The second-order valence-corrected chi connectivity index (χ2v) is 24.9. The van der Waals surface area contributed by atoms with Crippen molar-refractivity contribution in [2.24, 2.45) is 0 Å². The Labute approximate surface area is 562 Å². The molecule has 0 fully saturated rings. The number of rotatable bonds is 7. The number of benzene rings is 12. The van der Waals surface area contributed by atoms with Gasteiger partial charge in [0.1, 0.15) is 0 Å². The van der Waals surface area contributed by atoms with Crippen LogP contribution in [0, 0.1) is 0 Å². The number of pyridine rings is 8. The quantitative estimate of drug-likeness (QED) is 0.145. The van der Waals surface area contributed by atoms with Gasteiger partial charge in [0.2, 0.25) is 0 Å². The van der Waals surface area contributed by atoms with Gasteiger partial charge in [-0.2, -0.15) is 0 Å². The number of hydrogen-bond acceptors (Lipinski definition) is 8. The number of fused-ring (bicyclic) bond motifs is 21. The lowest BCUT2D eigenvalue weighted by Crippen LogP contribution is -1.94. The van der Waals surface area contributed by atoms with Crippen LogP contribution in [0.1, 0.15) is 0 Å². The first-order valence-corrected chi connectivity index (χ1v) is 32.9. The standard InChI is InChI=1S/C50H30N4.C40H24N4/c1-3-12-31(13-4-1)43-26-22-39-35-18-7-9-20-37(35)41-24-28-45(53-49(41)47(39)51-43)33-16-11-17-34(30-33)46-29-25-42-38-21-10-8-19-36(38)40-23-27-44(32-14-5-2-6-15-32)52-48(40)50(42)54-46;1-2-8-25(9-3-1)35-19-17-26-15-16-27-18-20-36(44-38(27)37(26)43-35)29-11-6-10-28(22-29)30-23-34-32-13-5-4-12-31(32)33-14-7-21-41-39(33)40(34)42-24-30/h1-30H;1-24H. The molecule has 0 bridgehead atoms. The molecule has 0 saturated carbocycles. The molecule has 98 heavy (non-hydrogen) atoms. The van der Waals surface area contributed by atoms with Crippen LogP contribution in [0.25, 0.3) is 198 Å². The van der Waals surface area contributed by atoms with E-state index >= 15 is 0 Å². The molecule has 0 unspecified atom stereocenters. The predicted molar refractivity (Wildman–Crippen MR) is 406 cm³/mol. The zero-order valence-electron chi connectivity index (χ0n) is 52.8. The summed E-state index contributed by atoms with van der Waals surface area (Å²) in [6, 6.07) is 110. The van der Waals surface area contributed by atoms with Gasteiger partial charge in [0.15, 0.2) is 0 Å². The van der Waals surface area contributed by atoms with Crippen LogP contribution < -0.4 is 0 Å². The Kier molecular flexibility index (Phi) is 13.4. The maximum absolute atomic E-state index is 5.36. The van der Waals surface area contributed by atoms with E-state index in [9.17, 15) is 0 Å². The molecular weight excluding hydrogens is 1190 g/mol. The van der Waals surface area contributed by atoms with E-state index in [4.69, 9.17) is 39.9 Å². The fourth-order valence-corrected chi connectivity index (χ4v) is 14.4. The maximum Gasteiger partial charge on any atom is 0.0978 e. The summed E-state index contributed by atoms with van der Waals surface area (Å²) < 4.78 is 0. The summed E-state index contributed by atoms with van der Waals surface area (Å²) in [5.41, 5.74) is 21.2. The Morgan fingerprint density at radius 1 is 0.153 bits per heavy atom. The molecule has 8 heterocycles. The van der Waals surface area contributed by atoms with Crippen molar-refractivity contribution in [1.82, 2.24) is 39.9 Å². The molecule has 8 nitrogen and oxygen atoms in total. The summed E-state index contributed by atoms with van der Waals surface area (Å²) in [6.45, 7) is 0. The van der Waals surface area contributed by atoms with E-state index in [0.29, 0.717) is 0 Å². The largest absolute Gasteiger partial charge is 0.254 e. The highest BCUT2D eigenvalue weighted by molar-refractivity contribution is 6.26. The first-order chi connectivity index (χ1) is 48.6. The van der Waals surface area contributed by atoms with Crippen LogP contribution in [0.15, 0.2) is 328 Å². The highest BCUT2D eigenvalue weighted by Crippen LogP contribution is 2.41. The Hall–Kier alpha value is -13.3. The molecule has 0 atom stereocenters. The van der Waals surface area contributed by atoms with Crippen LogP contribution in [-0.4, -0.2) is 39.9 Å². The van der Waals surface area contributed by atoms with E-state index in [1.807, 2.05) is 48.8 Å². The zero-order valence-corrected chi connectivity index (χ0v) is 52.8. The predicted octanol–water partition coefficient (Wildman–Crippen LogP) is 22.9. The third-order valence-electron chi connectivity index (χ3n) is 19.1. The van der Waals surface area contributed by atoms with E-state index in [0.717, 1.165) is 166 Å². The molecule has 8 heteroatoms. The molecule has 0 saturated heterocycles. The zero-order chi connectivity index (χ0) is 64.6. The summed E-state index contributed by atoms with van der Waals surface area (Å²) in [5, 5.41) is 15.8. The fraction of sp³-hybridized carbons (Fsp3) is 0. The molecule has 20 aromatic rings. The second kappa shape index (κ2) is 23.3. The summed E-state index contributed by atoms with van der Waals surface area (Å²) >= 11 is 0. The Balaban J connectivity index is 0.000000140. The lowest BCUT2D eigenvalue weighted by atomic mass is 9.96. The molecule has 0 N–H and O–H groups in total. The number of hydrogen-bond donors (Lipinski definition) is 0. The van der Waals surface area contributed by atoms with Crippen molar-refractivity contribution < 1.29 is 0 Å². The van der Waals surface area contributed by atoms with Crippen molar-refractivity contribution in [2.75, 3.05) is 0 Å². The van der Waals surface area contributed by atoms with E-state index in [1.165, 1.54) is 32.3 Å². The third-order valence-corrected chi connectivity index (χ3v) is 19.1. The molecule has 20 rings (SSSR count). The van der Waals surface area contributed by atoms with Crippen molar-refractivity contribution >= 4 is 120 Å². The minimum atomic E-state index is 0.888. The van der Waals surface area contributed by atoms with Crippen molar-refractivity contribution in [3.63, 3.8) is 0 Å². The number of aromatic nitrogens is 8. The van der Waals surface area contributed by atoms with Gasteiger partial charge in [-0.25, -0.2) is 29.9 Å². The molecule has 8 aromatic heterocycles. The highest BCUT2D eigenvalue weighted by Gasteiger charge is 2.19. The SMILES string of the molecule is c1ccc(-c2ccc3c4ccccc4c4ccc(-c5cccc(-c6ccc7c8ccccc8c8ccc(-c9ccccc9)nc8c7n6)c5)nc4c3n2)cc1.c1ccc(-c2ccc3ccc4ccc(-c5cccc(-c6cnc7c(c6)c6ccccc6c6cccnc67)c5)nc4c3n2)cc1. The van der Waals surface area contributed by atoms with Gasteiger partial charge in [0, 0.05) is 94.4 Å². The molecule has 0 aliphatic heterocycles. The van der Waals surface area contributed by atoms with Gasteiger partial charge >= 0.3 is 0 Å². The normalized spacial score (nSPS) is 11.7. The Bertz CT molecular complexity index is 6370. The minimum absolute atomic E-state index is 0.888. The average molecular weight is 1250 g/mol. The average Bonchev–Trinajstić information content (AvgIpc) is 0.750. The molecule has 12 aromatic carbocycles. The summed E-state index contributed by atoms with van der Waals surface area (Å²) in [7, 11) is 0. The molecule has 0 aliphatic carbocycles. The number of nitrogens with zero attached hydrogens (tertiary/aromatic N) is 8. The first-order valence-electron chi connectivity index (χ1n) is 32.9. The lowest BCUT2D eigenvalue weighted by Gasteiger charge is -2.13. The topological polar surface area (TPSA) is 103 Å². The van der Waals surface area contributed by atoms with Crippen molar-refractivity contribution in [1.29, 1.82) is 0 Å². The highest BCUT2D eigenvalue weighted by atomic mass is 14.8. The Morgan fingerprint density at radius 3 is 0.847 bits per heavy atom. The van der Waals surface area contributed by atoms with Crippen LogP contribution >= 0.6 is 0 Å². The smallest absolute Gasteiger partial charge is 0.0978 e. The molecule has 454 valence electrons. The van der Waals surface area contributed by atoms with Gasteiger partial charge in [0.05, 0.1) is 78.3 Å². The Morgan fingerprint density at radius 2 is 0.439 bits per heavy atom. The van der Waals surface area contributed by atoms with Gasteiger partial charge < -0.3 is 0 Å².